The van der Waals surface area contributed by atoms with Gasteiger partial charge >= 0.3 is 0 Å². The van der Waals surface area contributed by atoms with E-state index in [1.165, 1.54) is 24.0 Å². The molecule has 0 fully saturated rings. The Hall–Kier alpha value is -1.11. The lowest BCUT2D eigenvalue weighted by atomic mass is 9.93. The number of carbonyl (C=O) groups excluding carboxylic acids is 1. The van der Waals surface area contributed by atoms with Crippen molar-refractivity contribution in [2.75, 3.05) is 0 Å². The molecular formula is C15H20O. The highest BCUT2D eigenvalue weighted by molar-refractivity contribution is 5.97. The van der Waals surface area contributed by atoms with E-state index >= 15 is 0 Å². The molecule has 1 atom stereocenters. The maximum absolute atomic E-state index is 12.1. The van der Waals surface area contributed by atoms with Gasteiger partial charge in [-0.05, 0) is 42.9 Å². The minimum absolute atomic E-state index is 0.171. The average molecular weight is 216 g/mol. The summed E-state index contributed by atoms with van der Waals surface area (Å²) in [5.74, 6) is 0.487. The van der Waals surface area contributed by atoms with E-state index in [1.54, 1.807) is 0 Å². The number of hydrogen-bond donors (Lipinski definition) is 0. The first-order valence-electron chi connectivity index (χ1n) is 6.38. The molecule has 0 saturated carbocycles. The average Bonchev–Trinajstić information content (AvgIpc) is 2.75. The van der Waals surface area contributed by atoms with Crippen molar-refractivity contribution in [3.05, 3.63) is 34.9 Å². The Kier molecular flexibility index (Phi) is 3.42. The molecule has 1 heteroatoms. The van der Waals surface area contributed by atoms with Gasteiger partial charge in [-0.3, -0.25) is 4.79 Å². The molecule has 0 radical (unpaired) electrons. The fraction of sp³-hybridized carbons (Fsp3) is 0.533. The van der Waals surface area contributed by atoms with Crippen molar-refractivity contribution < 1.29 is 4.79 Å². The minimum atomic E-state index is 0.171. The van der Waals surface area contributed by atoms with Crippen molar-refractivity contribution in [1.82, 2.24) is 0 Å². The van der Waals surface area contributed by atoms with Crippen molar-refractivity contribution >= 4 is 5.78 Å². The summed E-state index contributed by atoms with van der Waals surface area (Å²) in [6.07, 6.45) is 5.66. The molecule has 0 saturated heterocycles. The molecule has 1 aromatic carbocycles. The van der Waals surface area contributed by atoms with E-state index in [2.05, 4.69) is 19.1 Å². The SMILES string of the molecule is CCCC(C)C(=O)c1ccc2c(c1)CCC2. The van der Waals surface area contributed by atoms with Gasteiger partial charge < -0.3 is 0 Å². The van der Waals surface area contributed by atoms with Crippen molar-refractivity contribution in [2.24, 2.45) is 5.92 Å². The van der Waals surface area contributed by atoms with Crippen LogP contribution >= 0.6 is 0 Å². The summed E-state index contributed by atoms with van der Waals surface area (Å²) < 4.78 is 0. The smallest absolute Gasteiger partial charge is 0.165 e. The van der Waals surface area contributed by atoms with E-state index in [0.29, 0.717) is 5.78 Å². The largest absolute Gasteiger partial charge is 0.294 e. The molecule has 0 amide bonds. The molecule has 1 aliphatic rings. The number of rotatable bonds is 4. The summed E-state index contributed by atoms with van der Waals surface area (Å²) >= 11 is 0. The molecule has 0 bridgehead atoms. The Bertz CT molecular complexity index is 392. The topological polar surface area (TPSA) is 17.1 Å². The fourth-order valence-corrected chi connectivity index (χ4v) is 2.57. The van der Waals surface area contributed by atoms with Crippen LogP contribution in [0.2, 0.25) is 0 Å². The summed E-state index contributed by atoms with van der Waals surface area (Å²) in [6.45, 7) is 4.17. The standard InChI is InChI=1S/C15H20O/c1-3-5-11(2)15(16)14-9-8-12-6-4-7-13(12)10-14/h8-11H,3-7H2,1-2H3. The zero-order chi connectivity index (χ0) is 11.5. The summed E-state index contributed by atoms with van der Waals surface area (Å²) in [5, 5.41) is 0. The minimum Gasteiger partial charge on any atom is -0.294 e. The molecule has 0 aliphatic heterocycles. The second-order valence-corrected chi connectivity index (χ2v) is 4.89. The molecule has 1 aromatic rings. The maximum Gasteiger partial charge on any atom is 0.165 e. The van der Waals surface area contributed by atoms with Gasteiger partial charge in [0, 0.05) is 11.5 Å². The van der Waals surface area contributed by atoms with E-state index in [4.69, 9.17) is 0 Å². The van der Waals surface area contributed by atoms with Gasteiger partial charge in [-0.25, -0.2) is 0 Å². The molecule has 86 valence electrons. The van der Waals surface area contributed by atoms with Crippen LogP contribution in [0.4, 0.5) is 0 Å². The number of carbonyl (C=O) groups is 1. The number of hydrogen-bond acceptors (Lipinski definition) is 1. The quantitative estimate of drug-likeness (QED) is 0.700. The van der Waals surface area contributed by atoms with Crippen molar-refractivity contribution in [3.63, 3.8) is 0 Å². The van der Waals surface area contributed by atoms with Gasteiger partial charge in [-0.15, -0.1) is 0 Å². The van der Waals surface area contributed by atoms with E-state index < -0.39 is 0 Å². The van der Waals surface area contributed by atoms with Crippen LogP contribution < -0.4 is 0 Å². The Morgan fingerprint density at radius 3 is 2.81 bits per heavy atom. The van der Waals surface area contributed by atoms with Crippen LogP contribution in [0.1, 0.15) is 54.6 Å². The molecule has 1 unspecified atom stereocenters. The lowest BCUT2D eigenvalue weighted by Gasteiger charge is -2.10. The van der Waals surface area contributed by atoms with E-state index in [1.807, 2.05) is 13.0 Å². The third-order valence-corrected chi connectivity index (χ3v) is 3.55. The van der Waals surface area contributed by atoms with Crippen molar-refractivity contribution in [2.45, 2.75) is 46.0 Å². The van der Waals surface area contributed by atoms with Crippen LogP contribution in [-0.4, -0.2) is 5.78 Å². The van der Waals surface area contributed by atoms with Gasteiger partial charge in [-0.2, -0.15) is 0 Å². The second kappa shape index (κ2) is 4.82. The Morgan fingerprint density at radius 2 is 2.06 bits per heavy atom. The molecule has 0 spiro atoms. The van der Waals surface area contributed by atoms with Crippen LogP contribution in [0.5, 0.6) is 0 Å². The van der Waals surface area contributed by atoms with Gasteiger partial charge in [0.05, 0.1) is 0 Å². The predicted molar refractivity (Wildman–Crippen MR) is 66.9 cm³/mol. The van der Waals surface area contributed by atoms with Crippen LogP contribution in [0.3, 0.4) is 0 Å². The van der Waals surface area contributed by atoms with Crippen LogP contribution in [0, 0.1) is 5.92 Å². The van der Waals surface area contributed by atoms with Crippen LogP contribution in [0.15, 0.2) is 18.2 Å². The molecule has 1 aliphatic carbocycles. The normalized spacial score (nSPS) is 15.9. The number of fused-ring (bicyclic) bond motifs is 1. The lowest BCUT2D eigenvalue weighted by Crippen LogP contribution is -2.11. The third-order valence-electron chi connectivity index (χ3n) is 3.55. The summed E-state index contributed by atoms with van der Waals surface area (Å²) in [5.41, 5.74) is 3.76. The van der Waals surface area contributed by atoms with Crippen LogP contribution in [0.25, 0.3) is 0 Å². The maximum atomic E-state index is 12.1. The van der Waals surface area contributed by atoms with E-state index in [9.17, 15) is 4.79 Å². The first kappa shape index (κ1) is 11.4. The summed E-state index contributed by atoms with van der Waals surface area (Å²) in [6, 6.07) is 6.28. The Morgan fingerprint density at radius 1 is 1.31 bits per heavy atom. The first-order valence-corrected chi connectivity index (χ1v) is 6.38. The molecule has 0 N–H and O–H groups in total. The van der Waals surface area contributed by atoms with Crippen molar-refractivity contribution in [3.8, 4) is 0 Å². The molecule has 0 heterocycles. The van der Waals surface area contributed by atoms with Gasteiger partial charge in [0.15, 0.2) is 5.78 Å². The Balaban J connectivity index is 2.18. The summed E-state index contributed by atoms with van der Waals surface area (Å²) in [4.78, 5) is 12.1. The van der Waals surface area contributed by atoms with Crippen LogP contribution in [-0.2, 0) is 12.8 Å². The van der Waals surface area contributed by atoms with Gasteiger partial charge in [0.1, 0.15) is 0 Å². The molecule has 0 aromatic heterocycles. The highest BCUT2D eigenvalue weighted by atomic mass is 16.1. The summed E-state index contributed by atoms with van der Waals surface area (Å²) in [7, 11) is 0. The molecular weight excluding hydrogens is 196 g/mol. The highest BCUT2D eigenvalue weighted by Crippen LogP contribution is 2.24. The zero-order valence-corrected chi connectivity index (χ0v) is 10.3. The number of benzene rings is 1. The van der Waals surface area contributed by atoms with Gasteiger partial charge in [0.2, 0.25) is 0 Å². The fourth-order valence-electron chi connectivity index (χ4n) is 2.57. The van der Waals surface area contributed by atoms with Gasteiger partial charge in [-0.1, -0.05) is 32.4 Å². The monoisotopic (exact) mass is 216 g/mol. The molecule has 1 nitrogen and oxygen atoms in total. The van der Waals surface area contributed by atoms with Crippen molar-refractivity contribution in [1.29, 1.82) is 0 Å². The molecule has 16 heavy (non-hydrogen) atoms. The van der Waals surface area contributed by atoms with E-state index in [0.717, 1.165) is 24.8 Å². The number of Topliss-reactive ketones (excluding diaryl/α,β-unsaturated/α-hetero) is 1. The predicted octanol–water partition coefficient (Wildman–Crippen LogP) is 3.79. The lowest BCUT2D eigenvalue weighted by molar-refractivity contribution is 0.0923. The number of ketones is 1. The van der Waals surface area contributed by atoms with E-state index in [-0.39, 0.29) is 5.92 Å². The first-order chi connectivity index (χ1) is 7.72. The second-order valence-electron chi connectivity index (χ2n) is 4.89. The van der Waals surface area contributed by atoms with Gasteiger partial charge in [0.25, 0.3) is 0 Å². The zero-order valence-electron chi connectivity index (χ0n) is 10.3. The third kappa shape index (κ3) is 2.18. The Labute approximate surface area is 97.9 Å². The number of aryl methyl sites for hydroxylation is 2. The highest BCUT2D eigenvalue weighted by Gasteiger charge is 2.17. The molecule has 2 rings (SSSR count).